The van der Waals surface area contributed by atoms with Gasteiger partial charge in [0.05, 0.1) is 12.2 Å². The van der Waals surface area contributed by atoms with Crippen molar-refractivity contribution in [2.45, 2.75) is 18.1 Å². The van der Waals surface area contributed by atoms with Gasteiger partial charge in [-0.1, -0.05) is 0 Å². The minimum Gasteiger partial charge on any atom is -0.391 e. The fourth-order valence-corrected chi connectivity index (χ4v) is 2.78. The van der Waals surface area contributed by atoms with Crippen LogP contribution in [-0.4, -0.2) is 36.6 Å². The molecule has 0 saturated heterocycles. The molecule has 3 N–H and O–H groups in total. The zero-order valence-corrected chi connectivity index (χ0v) is 15.4. The van der Waals surface area contributed by atoms with E-state index in [1.807, 2.05) is 0 Å². The highest BCUT2D eigenvalue weighted by Gasteiger charge is 2.46. The van der Waals surface area contributed by atoms with E-state index in [2.05, 4.69) is 15.3 Å². The summed E-state index contributed by atoms with van der Waals surface area (Å²) in [5.41, 5.74) is 1.30. The smallest absolute Gasteiger partial charge is 0.391 e. The number of hydrogen-bond acceptors (Lipinski definition) is 6. The van der Waals surface area contributed by atoms with Gasteiger partial charge in [0.2, 0.25) is 5.88 Å². The Bertz CT molecular complexity index is 997. The van der Waals surface area contributed by atoms with Gasteiger partial charge in [-0.3, -0.25) is 10.3 Å². The van der Waals surface area contributed by atoms with Crippen molar-refractivity contribution in [1.82, 2.24) is 4.98 Å². The number of nitrogens with zero attached hydrogens (tertiary/aromatic N) is 2. The maximum Gasteiger partial charge on any atom is 0.418 e. The first-order valence-corrected chi connectivity index (χ1v) is 8.53. The molecular formula is C18H14F6N4O3. The van der Waals surface area contributed by atoms with E-state index in [0.717, 1.165) is 24.3 Å². The highest BCUT2D eigenvalue weighted by atomic mass is 19.4. The summed E-state index contributed by atoms with van der Waals surface area (Å²) in [7, 11) is 0. The molecule has 0 unspecified atom stereocenters. The van der Waals surface area contributed by atoms with Gasteiger partial charge in [-0.25, -0.2) is 22.9 Å². The SMILES string of the molecule is NC1=N[C@@](c2cc(NC(=O)Oc3ccc(C(F)(F)F)cn3)ccc2F)(C(F)F)COC1. The number of hydrogen-bond donors (Lipinski definition) is 2. The first-order valence-electron chi connectivity index (χ1n) is 8.53. The van der Waals surface area contributed by atoms with Crippen LogP contribution in [0.3, 0.4) is 0 Å². The summed E-state index contributed by atoms with van der Waals surface area (Å²) in [6.07, 6.45) is -8.53. The normalized spacial score (nSPS) is 19.1. The minimum absolute atomic E-state index is 0.146. The number of anilines is 1. The quantitative estimate of drug-likeness (QED) is 0.696. The van der Waals surface area contributed by atoms with Crippen LogP contribution in [0.5, 0.6) is 5.88 Å². The summed E-state index contributed by atoms with van der Waals surface area (Å²) in [5.74, 6) is -1.74. The van der Waals surface area contributed by atoms with E-state index in [1.54, 1.807) is 0 Å². The molecule has 1 aliphatic heterocycles. The Morgan fingerprint density at radius 3 is 2.58 bits per heavy atom. The Hall–Kier alpha value is -3.35. The number of aromatic nitrogens is 1. The number of rotatable bonds is 4. The van der Waals surface area contributed by atoms with Gasteiger partial charge in [0, 0.05) is 23.5 Å². The van der Waals surface area contributed by atoms with Gasteiger partial charge in [0.1, 0.15) is 18.3 Å². The van der Waals surface area contributed by atoms with Crippen LogP contribution in [0.25, 0.3) is 0 Å². The molecule has 31 heavy (non-hydrogen) atoms. The molecular weight excluding hydrogens is 434 g/mol. The standard InChI is InChI=1S/C18H14F6N4O3/c19-12-3-2-10(5-11(12)17(15(20)21)8-30-7-13(25)28-17)27-16(29)31-14-4-1-9(6-26-14)18(22,23)24/h1-6,15H,7-8H2,(H2,25,28)(H,27,29)/t17-/m0/s1. The minimum atomic E-state index is -4.62. The van der Waals surface area contributed by atoms with Crippen LogP contribution in [-0.2, 0) is 16.5 Å². The number of pyridine rings is 1. The highest BCUT2D eigenvalue weighted by molar-refractivity contribution is 5.86. The molecule has 0 fully saturated rings. The number of carbonyl (C=O) groups excluding carboxylic acids is 1. The Morgan fingerprint density at radius 2 is 2.00 bits per heavy atom. The first kappa shape index (κ1) is 22.3. The van der Waals surface area contributed by atoms with Crippen molar-refractivity contribution in [2.75, 3.05) is 18.5 Å². The van der Waals surface area contributed by atoms with Crippen LogP contribution in [0, 0.1) is 5.82 Å². The zero-order chi connectivity index (χ0) is 22.8. The molecule has 1 aliphatic rings. The average Bonchev–Trinajstić information content (AvgIpc) is 2.69. The molecule has 0 spiro atoms. The van der Waals surface area contributed by atoms with Crippen molar-refractivity contribution < 1.29 is 40.6 Å². The number of benzene rings is 1. The lowest BCUT2D eigenvalue weighted by Gasteiger charge is -2.33. The van der Waals surface area contributed by atoms with Gasteiger partial charge < -0.3 is 15.2 Å². The van der Waals surface area contributed by atoms with E-state index in [4.69, 9.17) is 15.2 Å². The lowest BCUT2D eigenvalue weighted by atomic mass is 9.90. The summed E-state index contributed by atoms with van der Waals surface area (Å²) >= 11 is 0. The number of halogens is 6. The van der Waals surface area contributed by atoms with Gasteiger partial charge in [0.25, 0.3) is 6.43 Å². The van der Waals surface area contributed by atoms with E-state index in [9.17, 15) is 31.1 Å². The molecule has 13 heteroatoms. The molecule has 2 aromatic rings. The second-order valence-corrected chi connectivity index (χ2v) is 6.41. The van der Waals surface area contributed by atoms with E-state index in [1.165, 1.54) is 0 Å². The van der Waals surface area contributed by atoms with Gasteiger partial charge in [-0.05, 0) is 24.3 Å². The summed E-state index contributed by atoms with van der Waals surface area (Å²) in [6, 6.07) is 4.28. The van der Waals surface area contributed by atoms with Crippen molar-refractivity contribution in [3.8, 4) is 5.88 Å². The zero-order valence-electron chi connectivity index (χ0n) is 15.4. The Morgan fingerprint density at radius 1 is 1.26 bits per heavy atom. The number of amidine groups is 1. The van der Waals surface area contributed by atoms with Crippen LogP contribution in [0.15, 0.2) is 41.5 Å². The average molecular weight is 448 g/mol. The van der Waals surface area contributed by atoms with Crippen LogP contribution < -0.4 is 15.8 Å². The number of amides is 1. The van der Waals surface area contributed by atoms with E-state index in [0.29, 0.717) is 12.3 Å². The number of nitrogens with one attached hydrogen (secondary N) is 1. The molecule has 1 aromatic heterocycles. The van der Waals surface area contributed by atoms with E-state index < -0.39 is 53.7 Å². The Kier molecular flexibility index (Phi) is 6.06. The Labute approximate surface area is 170 Å². The fourth-order valence-electron chi connectivity index (χ4n) is 2.78. The number of aliphatic imine (C=N–C) groups is 1. The van der Waals surface area contributed by atoms with Crippen LogP contribution >= 0.6 is 0 Å². The lowest BCUT2D eigenvalue weighted by Crippen LogP contribution is -2.45. The third-order valence-electron chi connectivity index (χ3n) is 4.22. The molecule has 0 saturated carbocycles. The van der Waals surface area contributed by atoms with Gasteiger partial charge in [-0.2, -0.15) is 13.2 Å². The molecule has 7 nitrogen and oxygen atoms in total. The fraction of sp³-hybridized carbons (Fsp3) is 0.278. The highest BCUT2D eigenvalue weighted by Crippen LogP contribution is 2.38. The van der Waals surface area contributed by atoms with Crippen LogP contribution in [0.1, 0.15) is 11.1 Å². The molecule has 1 aromatic carbocycles. The van der Waals surface area contributed by atoms with Crippen molar-refractivity contribution in [2.24, 2.45) is 10.7 Å². The predicted octanol–water partition coefficient (Wildman–Crippen LogP) is 3.70. The second kappa shape index (κ2) is 8.41. The summed E-state index contributed by atoms with van der Waals surface area (Å²) in [5, 5.41) is 2.15. The Balaban J connectivity index is 1.80. The van der Waals surface area contributed by atoms with Gasteiger partial charge in [0.15, 0.2) is 5.54 Å². The number of alkyl halides is 5. The monoisotopic (exact) mass is 448 g/mol. The van der Waals surface area contributed by atoms with Crippen molar-refractivity contribution >= 4 is 17.6 Å². The van der Waals surface area contributed by atoms with Crippen molar-refractivity contribution in [3.05, 3.63) is 53.5 Å². The number of ether oxygens (including phenoxy) is 2. The summed E-state index contributed by atoms with van der Waals surface area (Å²) < 4.78 is 89.3. The van der Waals surface area contributed by atoms with E-state index in [-0.39, 0.29) is 18.1 Å². The molecule has 1 atom stereocenters. The largest absolute Gasteiger partial charge is 0.418 e. The number of nitrogens with two attached hydrogens (primary N) is 1. The number of carbonyl (C=O) groups is 1. The summed E-state index contributed by atoms with van der Waals surface area (Å²) in [6.45, 7) is -0.841. The third kappa shape index (κ3) is 4.87. The maximum absolute atomic E-state index is 14.4. The molecule has 0 aliphatic carbocycles. The predicted molar refractivity (Wildman–Crippen MR) is 95.4 cm³/mol. The van der Waals surface area contributed by atoms with Crippen molar-refractivity contribution in [3.63, 3.8) is 0 Å². The molecule has 166 valence electrons. The molecule has 0 bridgehead atoms. The topological polar surface area (TPSA) is 98.8 Å². The van der Waals surface area contributed by atoms with Crippen LogP contribution in [0.4, 0.5) is 36.8 Å². The molecule has 1 amide bonds. The summed E-state index contributed by atoms with van der Waals surface area (Å²) in [4.78, 5) is 19.1. The maximum atomic E-state index is 14.4. The molecule has 3 rings (SSSR count). The van der Waals surface area contributed by atoms with Gasteiger partial charge >= 0.3 is 12.3 Å². The molecule has 2 heterocycles. The third-order valence-corrected chi connectivity index (χ3v) is 4.22. The van der Waals surface area contributed by atoms with Gasteiger partial charge in [-0.15, -0.1) is 0 Å². The second-order valence-electron chi connectivity index (χ2n) is 6.41. The first-order chi connectivity index (χ1) is 14.5. The van der Waals surface area contributed by atoms with Crippen molar-refractivity contribution in [1.29, 1.82) is 0 Å². The lowest BCUT2D eigenvalue weighted by molar-refractivity contribution is -0.137. The van der Waals surface area contributed by atoms with Crippen LogP contribution in [0.2, 0.25) is 0 Å². The van der Waals surface area contributed by atoms with E-state index >= 15 is 0 Å². The molecule has 0 radical (unpaired) electrons.